The number of halogens is 1. The molecule has 4 N–H and O–H groups in total. The van der Waals surface area contributed by atoms with E-state index in [-0.39, 0.29) is 23.6 Å². The highest BCUT2D eigenvalue weighted by Crippen LogP contribution is 2.63. The monoisotopic (exact) mass is 461 g/mol. The van der Waals surface area contributed by atoms with E-state index in [1.807, 2.05) is 26.0 Å². The van der Waals surface area contributed by atoms with Gasteiger partial charge in [-0.25, -0.2) is 0 Å². The Hall–Kier alpha value is -3.22. The molecule has 178 valence electrons. The molecule has 2 fully saturated rings. The molecule has 34 heavy (non-hydrogen) atoms. The summed E-state index contributed by atoms with van der Waals surface area (Å²) in [5.74, 6) is 0.394. The predicted molar refractivity (Wildman–Crippen MR) is 132 cm³/mol. The van der Waals surface area contributed by atoms with Crippen LogP contribution in [0.2, 0.25) is 0 Å². The third-order valence-electron chi connectivity index (χ3n) is 7.59. The number of carbonyl (C=O) groups excluding carboxylic acids is 1. The summed E-state index contributed by atoms with van der Waals surface area (Å²) >= 11 is 0. The van der Waals surface area contributed by atoms with Crippen molar-refractivity contribution in [3.8, 4) is 0 Å². The molecule has 1 unspecified atom stereocenters. The van der Waals surface area contributed by atoms with Crippen molar-refractivity contribution in [2.24, 2.45) is 5.73 Å². The number of alkyl halides is 1. The number of aromatic amines is 1. The Labute approximate surface area is 199 Å². The van der Waals surface area contributed by atoms with Crippen LogP contribution in [-0.4, -0.2) is 35.2 Å². The number of H-pyrrole nitrogens is 1. The van der Waals surface area contributed by atoms with E-state index in [9.17, 15) is 9.18 Å². The van der Waals surface area contributed by atoms with E-state index in [1.54, 1.807) is 17.0 Å². The Morgan fingerprint density at radius 1 is 1.32 bits per heavy atom. The van der Waals surface area contributed by atoms with Gasteiger partial charge in [0.05, 0.1) is 12.4 Å². The van der Waals surface area contributed by atoms with Gasteiger partial charge in [-0.1, -0.05) is 28.9 Å². The average Bonchev–Trinajstić information content (AvgIpc) is 3.72. The molecule has 1 amide bonds. The van der Waals surface area contributed by atoms with Crippen LogP contribution < -0.4 is 10.6 Å². The van der Waals surface area contributed by atoms with Gasteiger partial charge in [-0.2, -0.15) is 5.10 Å². The fraction of sp³-hybridized carbons (Fsp3) is 0.444. The number of nitrogen functional groups attached to an aromatic ring is 1. The molecular formula is C27H32FN5O. The van der Waals surface area contributed by atoms with Crippen molar-refractivity contribution in [2.75, 3.05) is 18.1 Å². The van der Waals surface area contributed by atoms with E-state index >= 15 is 0 Å². The van der Waals surface area contributed by atoms with Crippen molar-refractivity contribution in [1.82, 2.24) is 10.2 Å². The van der Waals surface area contributed by atoms with E-state index in [4.69, 9.17) is 11.1 Å². The number of hydrogen-bond donors (Lipinski definition) is 3. The second kappa shape index (κ2) is 8.53. The second-order valence-electron chi connectivity index (χ2n) is 10.1. The summed E-state index contributed by atoms with van der Waals surface area (Å²) in [6.45, 7) is 3.59. The highest BCUT2D eigenvalue weighted by atomic mass is 19.1. The summed E-state index contributed by atoms with van der Waals surface area (Å²) < 4.78 is 13.3. The van der Waals surface area contributed by atoms with E-state index < -0.39 is 6.67 Å². The zero-order chi connectivity index (χ0) is 24.0. The molecule has 0 spiro atoms. The van der Waals surface area contributed by atoms with Gasteiger partial charge in [-0.05, 0) is 64.2 Å². The normalized spacial score (nSPS) is 20.8. The number of fused-ring (bicyclic) bond motifs is 1. The molecule has 1 heterocycles. The van der Waals surface area contributed by atoms with Gasteiger partial charge in [0.1, 0.15) is 5.84 Å². The lowest BCUT2D eigenvalue weighted by molar-refractivity contribution is -0.115. The molecule has 0 radical (unpaired) electrons. The minimum Gasteiger partial charge on any atom is -0.384 e. The van der Waals surface area contributed by atoms with Crippen LogP contribution in [0.15, 0.2) is 52.6 Å². The van der Waals surface area contributed by atoms with E-state index in [0.29, 0.717) is 29.3 Å². The molecule has 7 heteroatoms. The van der Waals surface area contributed by atoms with Crippen LogP contribution in [0.5, 0.6) is 0 Å². The predicted octanol–water partition coefficient (Wildman–Crippen LogP) is 5.03. The minimum absolute atomic E-state index is 0.0453. The van der Waals surface area contributed by atoms with Crippen molar-refractivity contribution < 1.29 is 9.18 Å². The Balaban J connectivity index is 1.47. The van der Waals surface area contributed by atoms with E-state index in [1.165, 1.54) is 35.4 Å². The summed E-state index contributed by atoms with van der Waals surface area (Å²) in [5, 5.41) is 15.7. The summed E-state index contributed by atoms with van der Waals surface area (Å²) in [5.41, 5.74) is 13.4. The van der Waals surface area contributed by atoms with Gasteiger partial charge in [-0.15, -0.1) is 0 Å². The average molecular weight is 462 g/mol. The van der Waals surface area contributed by atoms with Crippen LogP contribution in [0.1, 0.15) is 75.2 Å². The van der Waals surface area contributed by atoms with Crippen molar-refractivity contribution in [1.29, 1.82) is 5.41 Å². The van der Waals surface area contributed by atoms with Gasteiger partial charge in [0.2, 0.25) is 0 Å². The lowest BCUT2D eigenvalue weighted by atomic mass is 9.98. The molecule has 3 aliphatic carbocycles. The standard InChI is InChI=1S/C27H32FN5O/c1-16(2)21(9-11-28)26(34)33(20-5-3-4-18(12-20)25(29)30)15-19-8-10-27(14-22(19)27)24-13-23(31-32-24)17-6-7-17/h3-5,12-13,17H,6-11,14-15H2,1-2H3,(H3,29,30)(H,31,32). The maximum Gasteiger partial charge on any atom is 0.254 e. The van der Waals surface area contributed by atoms with E-state index in [2.05, 4.69) is 16.3 Å². The summed E-state index contributed by atoms with van der Waals surface area (Å²) in [6, 6.07) is 9.45. The number of anilines is 1. The Kier molecular flexibility index (Phi) is 5.66. The quantitative estimate of drug-likeness (QED) is 0.211. The van der Waals surface area contributed by atoms with E-state index in [0.717, 1.165) is 24.8 Å². The van der Waals surface area contributed by atoms with Gasteiger partial charge in [0, 0.05) is 46.8 Å². The first-order valence-electron chi connectivity index (χ1n) is 12.1. The van der Waals surface area contributed by atoms with Crippen molar-refractivity contribution in [3.63, 3.8) is 0 Å². The molecule has 3 aliphatic rings. The first kappa shape index (κ1) is 22.6. The maximum absolute atomic E-state index is 13.7. The van der Waals surface area contributed by atoms with Crippen molar-refractivity contribution in [2.45, 2.75) is 63.7 Å². The van der Waals surface area contributed by atoms with Crippen molar-refractivity contribution in [3.05, 3.63) is 69.6 Å². The number of hydrogen-bond acceptors (Lipinski definition) is 3. The van der Waals surface area contributed by atoms with Gasteiger partial charge in [0.15, 0.2) is 0 Å². The third-order valence-corrected chi connectivity index (χ3v) is 7.59. The topological polar surface area (TPSA) is 98.9 Å². The molecule has 2 saturated carbocycles. The lowest BCUT2D eigenvalue weighted by Gasteiger charge is -2.26. The fourth-order valence-corrected chi connectivity index (χ4v) is 5.35. The summed E-state index contributed by atoms with van der Waals surface area (Å²) in [4.78, 5) is 15.4. The zero-order valence-corrected chi connectivity index (χ0v) is 19.9. The van der Waals surface area contributed by atoms with Crippen LogP contribution in [0.4, 0.5) is 10.1 Å². The lowest BCUT2D eigenvalue weighted by Crippen LogP contribution is -2.34. The molecule has 1 aromatic heterocycles. The largest absolute Gasteiger partial charge is 0.384 e. The number of rotatable bonds is 9. The minimum atomic E-state index is -0.576. The summed E-state index contributed by atoms with van der Waals surface area (Å²) in [6.07, 6.45) is 5.51. The highest BCUT2D eigenvalue weighted by molar-refractivity contribution is 6.07. The van der Waals surface area contributed by atoms with Gasteiger partial charge in [0.25, 0.3) is 5.91 Å². The SMILES string of the molecule is CC(C)=C(CCF)C(=O)N(CC1=C2CC2(c2cc(C3CC3)n[nH]2)CC1)c1cccc(C(=N)N)c1. The van der Waals surface area contributed by atoms with Crippen LogP contribution in [-0.2, 0) is 10.2 Å². The van der Waals surface area contributed by atoms with Crippen LogP contribution >= 0.6 is 0 Å². The molecule has 6 nitrogen and oxygen atoms in total. The molecule has 0 saturated heterocycles. The third kappa shape index (κ3) is 3.97. The Morgan fingerprint density at radius 2 is 2.12 bits per heavy atom. The number of carbonyl (C=O) groups is 1. The van der Waals surface area contributed by atoms with Gasteiger partial charge < -0.3 is 10.6 Å². The first-order valence-corrected chi connectivity index (χ1v) is 12.1. The number of nitrogens with zero attached hydrogens (tertiary/aromatic N) is 2. The second-order valence-corrected chi connectivity index (χ2v) is 10.1. The highest BCUT2D eigenvalue weighted by Gasteiger charge is 2.56. The Morgan fingerprint density at radius 3 is 2.76 bits per heavy atom. The van der Waals surface area contributed by atoms with Crippen LogP contribution in [0.25, 0.3) is 0 Å². The molecule has 1 atom stereocenters. The van der Waals surface area contributed by atoms with Gasteiger partial charge in [-0.3, -0.25) is 19.7 Å². The number of aromatic nitrogens is 2. The number of amidine groups is 1. The number of nitrogens with one attached hydrogen (secondary N) is 2. The van der Waals surface area contributed by atoms with Crippen molar-refractivity contribution >= 4 is 17.4 Å². The fourth-order valence-electron chi connectivity index (χ4n) is 5.35. The Bertz CT molecular complexity index is 1220. The first-order chi connectivity index (χ1) is 16.3. The summed E-state index contributed by atoms with van der Waals surface area (Å²) in [7, 11) is 0. The van der Waals surface area contributed by atoms with Crippen LogP contribution in [0.3, 0.4) is 0 Å². The molecule has 0 bridgehead atoms. The van der Waals surface area contributed by atoms with Crippen LogP contribution in [0, 0.1) is 5.41 Å². The molecule has 5 rings (SSSR count). The number of benzene rings is 1. The number of nitrogens with two attached hydrogens (primary N) is 1. The number of amides is 1. The maximum atomic E-state index is 13.7. The van der Waals surface area contributed by atoms with Gasteiger partial charge >= 0.3 is 0 Å². The molecule has 0 aliphatic heterocycles. The molecular weight excluding hydrogens is 429 g/mol. The number of allylic oxidation sites excluding steroid dienone is 2. The zero-order valence-electron chi connectivity index (χ0n) is 19.9. The molecule has 2 aromatic rings. The molecule has 1 aromatic carbocycles. The smallest absolute Gasteiger partial charge is 0.254 e.